The molecule has 3 aliphatic rings. The van der Waals surface area contributed by atoms with Crippen molar-refractivity contribution in [2.24, 2.45) is 0 Å². The summed E-state index contributed by atoms with van der Waals surface area (Å²) in [7, 11) is 0. The second kappa shape index (κ2) is 4.28. The van der Waals surface area contributed by atoms with Crippen LogP contribution in [0.2, 0.25) is 0 Å². The molecule has 2 N–H and O–H groups in total. The number of fused-ring (bicyclic) bond motifs is 5. The molecule has 0 unspecified atom stereocenters. The van der Waals surface area contributed by atoms with E-state index in [-0.39, 0.29) is 18.2 Å². The number of hydrogen-bond donors (Lipinski definition) is 2. The minimum atomic E-state index is -0.916. The first-order valence-corrected chi connectivity index (χ1v) is 6.96. The first-order chi connectivity index (χ1) is 9.70. The van der Waals surface area contributed by atoms with E-state index in [2.05, 4.69) is 4.98 Å². The highest BCUT2D eigenvalue weighted by Crippen LogP contribution is 2.41. The zero-order chi connectivity index (χ0) is 13.9. The number of hydrogen-bond acceptors (Lipinski definition) is 6. The Morgan fingerprint density at radius 2 is 2.15 bits per heavy atom. The molecule has 0 aromatic carbocycles. The maximum atomic E-state index is 12.0. The van der Waals surface area contributed by atoms with Gasteiger partial charge >= 0.3 is 6.01 Å². The Morgan fingerprint density at radius 1 is 1.35 bits per heavy atom. The van der Waals surface area contributed by atoms with Crippen LogP contribution < -0.4 is 10.3 Å². The van der Waals surface area contributed by atoms with Crippen molar-refractivity contribution in [2.45, 2.75) is 50.2 Å². The predicted octanol–water partition coefficient (Wildman–Crippen LogP) is -0.866. The molecule has 0 saturated carbocycles. The van der Waals surface area contributed by atoms with Gasteiger partial charge in [0.25, 0.3) is 5.56 Å². The first-order valence-electron chi connectivity index (χ1n) is 6.96. The van der Waals surface area contributed by atoms with E-state index in [4.69, 9.17) is 9.47 Å². The van der Waals surface area contributed by atoms with Crippen LogP contribution in [0.25, 0.3) is 0 Å². The second-order valence-corrected chi connectivity index (χ2v) is 5.52. The third kappa shape index (κ3) is 1.51. The average molecular weight is 280 g/mol. The number of ether oxygens (including phenoxy) is 2. The van der Waals surface area contributed by atoms with Crippen LogP contribution in [0.1, 0.15) is 30.3 Å². The van der Waals surface area contributed by atoms with Gasteiger partial charge in [-0.2, -0.15) is 4.98 Å². The molecule has 7 heteroatoms. The van der Waals surface area contributed by atoms with Gasteiger partial charge in [-0.15, -0.1) is 0 Å². The SMILES string of the molecule is O=c1nc2n(c3c1CCCC3)[C@@H]1O[C@H](CO)[C@@H](O)[C@@H]1O2. The van der Waals surface area contributed by atoms with Gasteiger partial charge in [-0.05, 0) is 25.7 Å². The minimum Gasteiger partial charge on any atom is -0.453 e. The van der Waals surface area contributed by atoms with Gasteiger partial charge in [0.2, 0.25) is 0 Å². The Balaban J connectivity index is 1.84. The molecule has 1 aromatic heterocycles. The van der Waals surface area contributed by atoms with Crippen molar-refractivity contribution in [3.63, 3.8) is 0 Å². The van der Waals surface area contributed by atoms with Gasteiger partial charge in [-0.25, -0.2) is 0 Å². The Kier molecular flexibility index (Phi) is 2.63. The van der Waals surface area contributed by atoms with Gasteiger partial charge in [0, 0.05) is 11.3 Å². The van der Waals surface area contributed by atoms with Gasteiger partial charge in [-0.3, -0.25) is 9.36 Å². The van der Waals surface area contributed by atoms with E-state index >= 15 is 0 Å². The molecule has 1 fully saturated rings. The van der Waals surface area contributed by atoms with Gasteiger partial charge in [0.1, 0.15) is 12.2 Å². The maximum Gasteiger partial charge on any atom is 0.302 e. The summed E-state index contributed by atoms with van der Waals surface area (Å²) in [4.78, 5) is 16.0. The largest absolute Gasteiger partial charge is 0.453 e. The fourth-order valence-electron chi connectivity index (χ4n) is 3.38. The molecule has 1 aromatic rings. The van der Waals surface area contributed by atoms with E-state index in [0.29, 0.717) is 0 Å². The normalized spacial score (nSPS) is 34.3. The van der Waals surface area contributed by atoms with E-state index in [9.17, 15) is 15.0 Å². The standard InChI is InChI=1S/C13H16N2O5/c16-5-8-9(17)10-12(19-8)15-7-4-2-1-3-6(7)11(18)14-13(15)20-10/h8-10,12,16-17H,1-5H2/t8-,9-,10+,12-/m1/s1. The molecule has 1 aliphatic carbocycles. The fourth-order valence-corrected chi connectivity index (χ4v) is 3.38. The molecule has 0 amide bonds. The van der Waals surface area contributed by atoms with E-state index in [0.717, 1.165) is 36.9 Å². The van der Waals surface area contributed by atoms with Crippen LogP contribution >= 0.6 is 0 Å². The highest BCUT2D eigenvalue weighted by Gasteiger charge is 2.52. The van der Waals surface area contributed by atoms with Gasteiger partial charge in [0.15, 0.2) is 12.3 Å². The smallest absolute Gasteiger partial charge is 0.302 e. The molecule has 2 aliphatic heterocycles. The van der Waals surface area contributed by atoms with Crippen molar-refractivity contribution in [1.29, 1.82) is 0 Å². The lowest BCUT2D eigenvalue weighted by molar-refractivity contribution is -0.0444. The van der Waals surface area contributed by atoms with E-state index < -0.39 is 24.5 Å². The molecule has 3 heterocycles. The lowest BCUT2D eigenvalue weighted by Crippen LogP contribution is -2.34. The van der Waals surface area contributed by atoms with E-state index in [1.807, 2.05) is 0 Å². The summed E-state index contributed by atoms with van der Waals surface area (Å²) in [6, 6.07) is 0.223. The quantitative estimate of drug-likeness (QED) is 0.695. The molecule has 4 rings (SSSR count). The lowest BCUT2D eigenvalue weighted by atomic mass is 9.96. The van der Waals surface area contributed by atoms with Crippen LogP contribution in [-0.2, 0) is 17.6 Å². The van der Waals surface area contributed by atoms with Crippen LogP contribution in [0.15, 0.2) is 4.79 Å². The predicted molar refractivity (Wildman–Crippen MR) is 66.6 cm³/mol. The van der Waals surface area contributed by atoms with Crippen LogP contribution in [0.5, 0.6) is 6.01 Å². The third-order valence-corrected chi connectivity index (χ3v) is 4.38. The monoisotopic (exact) mass is 280 g/mol. The second-order valence-electron chi connectivity index (χ2n) is 5.52. The fraction of sp³-hybridized carbons (Fsp3) is 0.692. The molecule has 20 heavy (non-hydrogen) atoms. The van der Waals surface area contributed by atoms with Crippen molar-refractivity contribution in [3.8, 4) is 6.01 Å². The highest BCUT2D eigenvalue weighted by atomic mass is 16.6. The minimum absolute atomic E-state index is 0.223. The summed E-state index contributed by atoms with van der Waals surface area (Å²) in [6.45, 7) is -0.261. The molecule has 108 valence electrons. The molecule has 0 bridgehead atoms. The zero-order valence-corrected chi connectivity index (χ0v) is 10.9. The summed E-state index contributed by atoms with van der Waals surface area (Å²) >= 11 is 0. The first kappa shape index (κ1) is 12.3. The molecule has 1 saturated heterocycles. The van der Waals surface area contributed by atoms with Crippen LogP contribution in [0.4, 0.5) is 0 Å². The summed E-state index contributed by atoms with van der Waals surface area (Å²) in [5.41, 5.74) is 1.40. The van der Waals surface area contributed by atoms with Crippen molar-refractivity contribution in [2.75, 3.05) is 6.61 Å². The topological polar surface area (TPSA) is 93.8 Å². The summed E-state index contributed by atoms with van der Waals surface area (Å²) in [6.07, 6.45) is 0.837. The zero-order valence-electron chi connectivity index (χ0n) is 10.9. The lowest BCUT2D eigenvalue weighted by Gasteiger charge is -2.21. The van der Waals surface area contributed by atoms with E-state index in [1.54, 1.807) is 4.57 Å². The number of aromatic nitrogens is 2. The molecule has 7 nitrogen and oxygen atoms in total. The molecule has 0 radical (unpaired) electrons. The molecular formula is C13H16N2O5. The van der Waals surface area contributed by atoms with Crippen molar-refractivity contribution in [3.05, 3.63) is 21.6 Å². The number of rotatable bonds is 1. The Bertz CT molecular complexity index is 614. The van der Waals surface area contributed by atoms with E-state index in [1.165, 1.54) is 0 Å². The Labute approximate surface area is 114 Å². The van der Waals surface area contributed by atoms with Crippen molar-refractivity contribution < 1.29 is 19.7 Å². The van der Waals surface area contributed by atoms with Crippen molar-refractivity contribution >= 4 is 0 Å². The molecule has 4 atom stereocenters. The maximum absolute atomic E-state index is 12.0. The van der Waals surface area contributed by atoms with Gasteiger partial charge in [0.05, 0.1) is 6.61 Å². The highest BCUT2D eigenvalue weighted by molar-refractivity contribution is 5.27. The number of aliphatic hydroxyl groups excluding tert-OH is 2. The van der Waals surface area contributed by atoms with Gasteiger partial charge < -0.3 is 19.7 Å². The average Bonchev–Trinajstić information content (AvgIpc) is 2.96. The number of aliphatic hydroxyl groups is 2. The Morgan fingerprint density at radius 3 is 2.95 bits per heavy atom. The van der Waals surface area contributed by atoms with Gasteiger partial charge in [-0.1, -0.05) is 0 Å². The number of nitrogens with zero attached hydrogens (tertiary/aromatic N) is 2. The summed E-state index contributed by atoms with van der Waals surface area (Å²) in [5.74, 6) is 0. The Hall–Kier alpha value is -1.44. The van der Waals surface area contributed by atoms with Crippen LogP contribution in [-0.4, -0.2) is 44.7 Å². The third-order valence-electron chi connectivity index (χ3n) is 4.38. The molecule has 0 spiro atoms. The summed E-state index contributed by atoms with van der Waals surface area (Å²) < 4.78 is 13.1. The van der Waals surface area contributed by atoms with Crippen LogP contribution in [0.3, 0.4) is 0 Å². The summed E-state index contributed by atoms with van der Waals surface area (Å²) in [5, 5.41) is 19.3. The van der Waals surface area contributed by atoms with Crippen molar-refractivity contribution in [1.82, 2.24) is 9.55 Å². The van der Waals surface area contributed by atoms with Crippen LogP contribution in [0, 0.1) is 0 Å². The molecular weight excluding hydrogens is 264 g/mol.